The first-order valence-corrected chi connectivity index (χ1v) is 12.9. The van der Waals surface area contributed by atoms with Crippen LogP contribution in [0.25, 0.3) is 11.0 Å². The van der Waals surface area contributed by atoms with E-state index in [1.54, 1.807) is 42.2 Å². The van der Waals surface area contributed by atoms with E-state index in [0.717, 1.165) is 24.1 Å². The summed E-state index contributed by atoms with van der Waals surface area (Å²) >= 11 is 0. The third-order valence-electron chi connectivity index (χ3n) is 5.85. The Morgan fingerprint density at radius 1 is 1.06 bits per heavy atom. The molecule has 1 aromatic heterocycles. The number of hydrogen-bond donors (Lipinski definition) is 1. The topological polar surface area (TPSA) is 93.5 Å². The van der Waals surface area contributed by atoms with Crippen LogP contribution < -0.4 is 5.32 Å². The second-order valence-corrected chi connectivity index (χ2v) is 11.6. The third-order valence-corrected chi connectivity index (χ3v) is 7.66. The predicted molar refractivity (Wildman–Crippen MR) is 133 cm³/mol. The van der Waals surface area contributed by atoms with E-state index in [0.29, 0.717) is 29.9 Å². The van der Waals surface area contributed by atoms with Gasteiger partial charge < -0.3 is 15.0 Å². The summed E-state index contributed by atoms with van der Waals surface area (Å²) in [5, 5.41) is 3.51. The molecule has 1 fully saturated rings. The van der Waals surface area contributed by atoms with Crippen molar-refractivity contribution in [3.05, 3.63) is 53.9 Å². The van der Waals surface area contributed by atoms with Gasteiger partial charge in [-0.05, 0) is 77.8 Å². The highest BCUT2D eigenvalue weighted by atomic mass is 32.2. The van der Waals surface area contributed by atoms with Gasteiger partial charge in [-0.2, -0.15) is 0 Å². The third kappa shape index (κ3) is 5.04. The molecule has 0 bridgehead atoms. The predicted octanol–water partition coefficient (Wildman–Crippen LogP) is 4.70. The molecule has 1 aliphatic heterocycles. The molecule has 0 radical (unpaired) electrons. The van der Waals surface area contributed by atoms with E-state index in [2.05, 4.69) is 10.3 Å². The molecule has 2 heterocycles. The van der Waals surface area contributed by atoms with Crippen LogP contribution in [0.3, 0.4) is 0 Å². The van der Waals surface area contributed by atoms with Crippen molar-refractivity contribution in [2.45, 2.75) is 64.0 Å². The number of imidazole rings is 1. The van der Waals surface area contributed by atoms with Crippen LogP contribution in [0.5, 0.6) is 0 Å². The second-order valence-electron chi connectivity index (χ2n) is 9.83. The Bertz CT molecular complexity index is 1300. The number of carbonyl (C=O) groups excluding carboxylic acids is 1. The van der Waals surface area contributed by atoms with Crippen molar-refractivity contribution in [2.24, 2.45) is 0 Å². The first-order valence-electron chi connectivity index (χ1n) is 11.5. The monoisotopic (exact) mass is 484 g/mol. The smallest absolute Gasteiger partial charge is 0.410 e. The summed E-state index contributed by atoms with van der Waals surface area (Å²) < 4.78 is 33.3. The van der Waals surface area contributed by atoms with Crippen LogP contribution in [-0.4, -0.2) is 53.1 Å². The summed E-state index contributed by atoms with van der Waals surface area (Å²) in [5.74, 6) is 0.415. The van der Waals surface area contributed by atoms with Gasteiger partial charge in [0, 0.05) is 24.8 Å². The zero-order chi connectivity index (χ0) is 24.7. The molecule has 1 aliphatic rings. The van der Waals surface area contributed by atoms with Crippen LogP contribution in [0.1, 0.15) is 45.0 Å². The van der Waals surface area contributed by atoms with E-state index in [-0.39, 0.29) is 17.0 Å². The molecule has 0 spiro atoms. The van der Waals surface area contributed by atoms with Crippen LogP contribution in [0.2, 0.25) is 0 Å². The number of aromatic nitrogens is 2. The van der Waals surface area contributed by atoms with Gasteiger partial charge in [0.25, 0.3) is 10.0 Å². The van der Waals surface area contributed by atoms with E-state index in [1.807, 2.05) is 39.8 Å². The Morgan fingerprint density at radius 3 is 2.32 bits per heavy atom. The molecule has 3 aromatic rings. The summed E-state index contributed by atoms with van der Waals surface area (Å²) in [6, 6.07) is 12.6. The van der Waals surface area contributed by atoms with E-state index >= 15 is 0 Å². The van der Waals surface area contributed by atoms with Crippen LogP contribution in [0.15, 0.2) is 47.4 Å². The summed E-state index contributed by atoms with van der Waals surface area (Å²) in [6.45, 7) is 10.5. The first-order chi connectivity index (χ1) is 15.9. The summed E-state index contributed by atoms with van der Waals surface area (Å²) in [4.78, 5) is 18.8. The first kappa shape index (κ1) is 24.1. The van der Waals surface area contributed by atoms with Crippen LogP contribution in [-0.2, 0) is 14.8 Å². The Balaban J connectivity index is 1.48. The van der Waals surface area contributed by atoms with Gasteiger partial charge in [-0.3, -0.25) is 0 Å². The Hall–Kier alpha value is -3.07. The quantitative estimate of drug-likeness (QED) is 0.577. The number of ether oxygens (including phenoxy) is 1. The number of piperidine rings is 1. The van der Waals surface area contributed by atoms with Crippen LogP contribution in [0, 0.1) is 13.8 Å². The number of rotatable bonds is 4. The molecule has 182 valence electrons. The highest BCUT2D eigenvalue weighted by Crippen LogP contribution is 2.27. The molecule has 0 unspecified atom stereocenters. The lowest BCUT2D eigenvalue weighted by atomic mass is 10.0. The minimum absolute atomic E-state index is 0.204. The Kier molecular flexibility index (Phi) is 6.33. The number of anilines is 1. The number of fused-ring (bicyclic) bond motifs is 1. The largest absolute Gasteiger partial charge is 0.444 e. The van der Waals surface area contributed by atoms with Crippen molar-refractivity contribution in [1.29, 1.82) is 0 Å². The number of likely N-dealkylation sites (tertiary alicyclic amines) is 1. The number of nitrogens with one attached hydrogen (secondary N) is 1. The fourth-order valence-electron chi connectivity index (χ4n) is 4.16. The fraction of sp³-hybridized carbons (Fsp3) is 0.440. The van der Waals surface area contributed by atoms with Gasteiger partial charge in [0.2, 0.25) is 0 Å². The zero-order valence-corrected chi connectivity index (χ0v) is 21.1. The van der Waals surface area contributed by atoms with Crippen molar-refractivity contribution in [3.8, 4) is 0 Å². The van der Waals surface area contributed by atoms with Crippen LogP contribution >= 0.6 is 0 Å². The van der Waals surface area contributed by atoms with Crippen molar-refractivity contribution in [1.82, 2.24) is 13.9 Å². The van der Waals surface area contributed by atoms with Crippen molar-refractivity contribution >= 4 is 32.8 Å². The molecule has 9 heteroatoms. The highest BCUT2D eigenvalue weighted by molar-refractivity contribution is 7.90. The summed E-state index contributed by atoms with van der Waals surface area (Å²) in [5.41, 5.74) is 2.53. The molecular weight excluding hydrogens is 452 g/mol. The number of benzene rings is 2. The molecule has 1 amide bonds. The van der Waals surface area contributed by atoms with E-state index in [1.165, 1.54) is 3.97 Å². The molecule has 0 aliphatic carbocycles. The number of carbonyl (C=O) groups is 1. The minimum Gasteiger partial charge on any atom is -0.444 e. The molecule has 0 atom stereocenters. The lowest BCUT2D eigenvalue weighted by Crippen LogP contribution is -2.44. The SMILES string of the molecule is Cc1ccc(S(=O)(=O)n2c(C)nc3cc(NC4CCN(C(=O)OC(C)(C)C)CC4)ccc32)cc1. The number of hydrogen-bond acceptors (Lipinski definition) is 6. The van der Waals surface area contributed by atoms with Crippen molar-refractivity contribution < 1.29 is 17.9 Å². The standard InChI is InChI=1S/C25H32N4O4S/c1-17-6-9-21(10-7-17)34(31,32)29-18(2)26-22-16-20(8-11-23(22)29)27-19-12-14-28(15-13-19)24(30)33-25(3,4)5/h6-11,16,19,27H,12-15H2,1-5H3. The second kappa shape index (κ2) is 8.94. The van der Waals surface area contributed by atoms with Crippen molar-refractivity contribution in [2.75, 3.05) is 18.4 Å². The van der Waals surface area contributed by atoms with Gasteiger partial charge >= 0.3 is 6.09 Å². The van der Waals surface area contributed by atoms with E-state index < -0.39 is 15.6 Å². The number of nitrogens with zero attached hydrogens (tertiary/aromatic N) is 3. The average molecular weight is 485 g/mol. The average Bonchev–Trinajstić information content (AvgIpc) is 3.09. The lowest BCUT2D eigenvalue weighted by Gasteiger charge is -2.34. The maximum absolute atomic E-state index is 13.3. The molecule has 4 rings (SSSR count). The van der Waals surface area contributed by atoms with Gasteiger partial charge in [-0.1, -0.05) is 17.7 Å². The molecule has 0 saturated carbocycles. The van der Waals surface area contributed by atoms with Gasteiger partial charge in [0.15, 0.2) is 0 Å². The molecule has 34 heavy (non-hydrogen) atoms. The zero-order valence-electron chi connectivity index (χ0n) is 20.3. The van der Waals surface area contributed by atoms with Crippen molar-refractivity contribution in [3.63, 3.8) is 0 Å². The van der Waals surface area contributed by atoms with E-state index in [4.69, 9.17) is 4.74 Å². The number of aryl methyl sites for hydroxylation is 2. The molecule has 1 N–H and O–H groups in total. The Labute approximate surface area is 201 Å². The maximum atomic E-state index is 13.3. The molecule has 2 aromatic carbocycles. The Morgan fingerprint density at radius 2 is 1.71 bits per heavy atom. The number of amides is 1. The fourth-order valence-corrected chi connectivity index (χ4v) is 5.65. The summed E-state index contributed by atoms with van der Waals surface area (Å²) in [6.07, 6.45) is 1.32. The van der Waals surface area contributed by atoms with Gasteiger partial charge in [-0.25, -0.2) is 22.2 Å². The molecule has 8 nitrogen and oxygen atoms in total. The van der Waals surface area contributed by atoms with Gasteiger partial charge in [-0.15, -0.1) is 0 Å². The highest BCUT2D eigenvalue weighted by Gasteiger charge is 2.27. The van der Waals surface area contributed by atoms with Gasteiger partial charge in [0.05, 0.1) is 15.9 Å². The van der Waals surface area contributed by atoms with Crippen LogP contribution in [0.4, 0.5) is 10.5 Å². The van der Waals surface area contributed by atoms with Gasteiger partial charge in [0.1, 0.15) is 11.4 Å². The van der Waals surface area contributed by atoms with E-state index in [9.17, 15) is 13.2 Å². The lowest BCUT2D eigenvalue weighted by molar-refractivity contribution is 0.0210. The molecule has 1 saturated heterocycles. The minimum atomic E-state index is -3.75. The molecular formula is C25H32N4O4S. The maximum Gasteiger partial charge on any atom is 0.410 e. The normalized spacial score (nSPS) is 15.5. The summed E-state index contributed by atoms with van der Waals surface area (Å²) in [7, 11) is -3.75.